The Bertz CT molecular complexity index is 1030. The van der Waals surface area contributed by atoms with Gasteiger partial charge in [-0.1, -0.05) is 41.1 Å². The molecule has 29 heavy (non-hydrogen) atoms. The second-order valence-electron chi connectivity index (χ2n) is 6.54. The van der Waals surface area contributed by atoms with Crippen molar-refractivity contribution in [2.75, 3.05) is 18.8 Å². The van der Waals surface area contributed by atoms with Crippen LogP contribution in [0.1, 0.15) is 5.56 Å². The molecule has 0 atom stereocenters. The highest BCUT2D eigenvalue weighted by Crippen LogP contribution is 2.29. The molecule has 4 rings (SSSR count). The van der Waals surface area contributed by atoms with Crippen LogP contribution in [0, 0.1) is 6.92 Å². The number of imide groups is 1. The van der Waals surface area contributed by atoms with Crippen LogP contribution in [0.3, 0.4) is 0 Å². The average molecular weight is 428 g/mol. The minimum atomic E-state index is -0.350. The van der Waals surface area contributed by atoms with Crippen LogP contribution in [0.25, 0.3) is 17.1 Å². The molecule has 2 heterocycles. The van der Waals surface area contributed by atoms with Crippen LogP contribution < -0.4 is 5.32 Å². The van der Waals surface area contributed by atoms with Gasteiger partial charge in [0.15, 0.2) is 11.0 Å². The fraction of sp³-hybridized carbons (Fsp3) is 0.200. The van der Waals surface area contributed by atoms with Gasteiger partial charge in [-0.3, -0.25) is 14.3 Å². The number of thioether (sulfide) groups is 1. The number of urea groups is 1. The third kappa shape index (κ3) is 4.13. The summed E-state index contributed by atoms with van der Waals surface area (Å²) in [6.45, 7) is 2.40. The molecule has 148 valence electrons. The van der Waals surface area contributed by atoms with Gasteiger partial charge in [-0.15, -0.1) is 10.2 Å². The number of amides is 3. The van der Waals surface area contributed by atoms with Crippen LogP contribution in [-0.4, -0.2) is 50.4 Å². The maximum absolute atomic E-state index is 11.8. The van der Waals surface area contributed by atoms with Gasteiger partial charge in [0, 0.05) is 28.6 Å². The number of aromatic nitrogens is 3. The molecule has 0 saturated carbocycles. The van der Waals surface area contributed by atoms with Crippen LogP contribution >= 0.6 is 23.4 Å². The van der Waals surface area contributed by atoms with Crippen LogP contribution in [-0.2, 0) is 4.79 Å². The largest absolute Gasteiger partial charge is 0.329 e. The lowest BCUT2D eigenvalue weighted by Crippen LogP contribution is -2.32. The lowest BCUT2D eigenvalue weighted by Gasteiger charge is -2.13. The molecule has 1 saturated heterocycles. The summed E-state index contributed by atoms with van der Waals surface area (Å²) in [5, 5.41) is 12.6. The molecule has 0 unspecified atom stereocenters. The van der Waals surface area contributed by atoms with Crippen molar-refractivity contribution in [1.82, 2.24) is 25.0 Å². The lowest BCUT2D eigenvalue weighted by molar-refractivity contribution is -0.124. The second-order valence-corrected chi connectivity index (χ2v) is 8.04. The van der Waals surface area contributed by atoms with Gasteiger partial charge in [-0.2, -0.15) is 0 Å². The van der Waals surface area contributed by atoms with E-state index in [1.54, 1.807) is 0 Å². The van der Waals surface area contributed by atoms with Crippen molar-refractivity contribution in [1.29, 1.82) is 0 Å². The number of benzene rings is 2. The molecular formula is C20H18ClN5O2S. The van der Waals surface area contributed by atoms with E-state index in [1.165, 1.54) is 16.7 Å². The van der Waals surface area contributed by atoms with Crippen molar-refractivity contribution in [3.8, 4) is 17.1 Å². The normalized spacial score (nSPS) is 13.8. The molecule has 0 bridgehead atoms. The van der Waals surface area contributed by atoms with E-state index in [4.69, 9.17) is 11.6 Å². The van der Waals surface area contributed by atoms with E-state index in [1.807, 2.05) is 60.0 Å². The minimum Gasteiger partial charge on any atom is -0.329 e. The van der Waals surface area contributed by atoms with Gasteiger partial charge >= 0.3 is 6.03 Å². The zero-order valence-electron chi connectivity index (χ0n) is 15.6. The molecule has 1 aliphatic rings. The highest BCUT2D eigenvalue weighted by atomic mass is 35.5. The Hall–Kier alpha value is -2.84. The molecule has 1 aromatic heterocycles. The highest BCUT2D eigenvalue weighted by Gasteiger charge is 2.28. The zero-order valence-corrected chi connectivity index (χ0v) is 17.2. The standard InChI is InChI=1S/C20H18ClN5O2S/c1-13-2-8-16(9-3-13)26-18(14-4-6-15(21)7-5-14)23-24-20(26)29-11-10-25-17(27)12-22-19(25)28/h2-9H,10-12H2,1H3,(H,22,28). The summed E-state index contributed by atoms with van der Waals surface area (Å²) in [6, 6.07) is 15.2. The average Bonchev–Trinajstić information content (AvgIpc) is 3.27. The fourth-order valence-corrected chi connectivity index (χ4v) is 3.99. The number of hydrogen-bond acceptors (Lipinski definition) is 5. The Labute approximate surface area is 177 Å². The summed E-state index contributed by atoms with van der Waals surface area (Å²) in [7, 11) is 0. The monoisotopic (exact) mass is 427 g/mol. The van der Waals surface area contributed by atoms with Crippen molar-refractivity contribution in [3.63, 3.8) is 0 Å². The van der Waals surface area contributed by atoms with Crippen molar-refractivity contribution < 1.29 is 9.59 Å². The van der Waals surface area contributed by atoms with Gasteiger partial charge in [0.25, 0.3) is 0 Å². The van der Waals surface area contributed by atoms with Crippen molar-refractivity contribution in [3.05, 3.63) is 59.1 Å². The summed E-state index contributed by atoms with van der Waals surface area (Å²) in [5.41, 5.74) is 2.98. The quantitative estimate of drug-likeness (QED) is 0.480. The number of nitrogens with one attached hydrogen (secondary N) is 1. The summed E-state index contributed by atoms with van der Waals surface area (Å²) >= 11 is 7.47. The minimum absolute atomic E-state index is 0.0593. The maximum atomic E-state index is 11.8. The smallest absolute Gasteiger partial charge is 0.324 e. The van der Waals surface area contributed by atoms with E-state index < -0.39 is 0 Å². The number of carbonyl (C=O) groups is 2. The molecule has 0 aliphatic carbocycles. The fourth-order valence-electron chi connectivity index (χ4n) is 2.99. The van der Waals surface area contributed by atoms with Crippen molar-refractivity contribution in [2.24, 2.45) is 0 Å². The Kier molecular flexibility index (Phi) is 5.55. The van der Waals surface area contributed by atoms with Gasteiger partial charge < -0.3 is 5.32 Å². The molecule has 3 aromatic rings. The van der Waals surface area contributed by atoms with Gasteiger partial charge in [0.2, 0.25) is 5.91 Å². The molecule has 3 amide bonds. The molecule has 1 fully saturated rings. The van der Waals surface area contributed by atoms with Crippen LogP contribution in [0.15, 0.2) is 53.7 Å². The Morgan fingerprint density at radius 3 is 2.45 bits per heavy atom. The summed E-state index contributed by atoms with van der Waals surface area (Å²) in [6.07, 6.45) is 0. The lowest BCUT2D eigenvalue weighted by atomic mass is 10.2. The zero-order chi connectivity index (χ0) is 20.4. The van der Waals surface area contributed by atoms with Crippen LogP contribution in [0.2, 0.25) is 5.02 Å². The number of carbonyl (C=O) groups excluding carboxylic acids is 2. The van der Waals surface area contributed by atoms with E-state index in [-0.39, 0.29) is 18.5 Å². The Balaban J connectivity index is 1.63. The summed E-state index contributed by atoms with van der Waals surface area (Å²) in [5.74, 6) is 1.00. The van der Waals surface area contributed by atoms with Crippen molar-refractivity contribution >= 4 is 35.3 Å². The summed E-state index contributed by atoms with van der Waals surface area (Å²) < 4.78 is 1.97. The van der Waals surface area contributed by atoms with Crippen LogP contribution in [0.4, 0.5) is 4.79 Å². The number of rotatable bonds is 6. The third-order valence-corrected chi connectivity index (χ3v) is 5.67. The van der Waals surface area contributed by atoms with E-state index in [0.29, 0.717) is 28.3 Å². The third-order valence-electron chi connectivity index (χ3n) is 4.51. The Morgan fingerprint density at radius 1 is 1.07 bits per heavy atom. The first-order valence-corrected chi connectivity index (χ1v) is 10.4. The molecule has 0 radical (unpaired) electrons. The molecule has 9 heteroatoms. The van der Waals surface area contributed by atoms with E-state index in [2.05, 4.69) is 15.5 Å². The van der Waals surface area contributed by atoms with Gasteiger partial charge in [0.1, 0.15) is 0 Å². The van der Waals surface area contributed by atoms with E-state index in [9.17, 15) is 9.59 Å². The molecule has 1 aliphatic heterocycles. The van der Waals surface area contributed by atoms with Gasteiger partial charge in [-0.25, -0.2) is 4.79 Å². The SMILES string of the molecule is Cc1ccc(-n2c(SCCN3C(=O)CNC3=O)nnc2-c2ccc(Cl)cc2)cc1. The summed E-state index contributed by atoms with van der Waals surface area (Å²) in [4.78, 5) is 24.7. The number of nitrogens with zero attached hydrogens (tertiary/aromatic N) is 4. The highest BCUT2D eigenvalue weighted by molar-refractivity contribution is 7.99. The molecule has 1 N–H and O–H groups in total. The van der Waals surface area contributed by atoms with Crippen LogP contribution in [0.5, 0.6) is 0 Å². The maximum Gasteiger partial charge on any atom is 0.324 e. The molecular weight excluding hydrogens is 410 g/mol. The predicted octanol–water partition coefficient (Wildman–Crippen LogP) is 3.54. The first-order chi connectivity index (χ1) is 14.0. The second kappa shape index (κ2) is 8.26. The number of hydrogen-bond donors (Lipinski definition) is 1. The molecule has 0 spiro atoms. The molecule has 7 nitrogen and oxygen atoms in total. The van der Waals surface area contributed by atoms with Crippen molar-refractivity contribution in [2.45, 2.75) is 12.1 Å². The first-order valence-electron chi connectivity index (χ1n) is 9.02. The number of aryl methyl sites for hydroxylation is 1. The van der Waals surface area contributed by atoms with Gasteiger partial charge in [0.05, 0.1) is 6.54 Å². The van der Waals surface area contributed by atoms with E-state index in [0.717, 1.165) is 16.8 Å². The number of halogens is 1. The van der Waals surface area contributed by atoms with E-state index >= 15 is 0 Å². The topological polar surface area (TPSA) is 80.1 Å². The van der Waals surface area contributed by atoms with Gasteiger partial charge in [-0.05, 0) is 43.3 Å². The predicted molar refractivity (Wildman–Crippen MR) is 112 cm³/mol. The molecule has 2 aromatic carbocycles. The first kappa shape index (κ1) is 19.5. The Morgan fingerprint density at radius 2 is 1.79 bits per heavy atom.